The first-order valence-corrected chi connectivity index (χ1v) is 21.9. The highest BCUT2D eigenvalue weighted by Crippen LogP contribution is 2.66. The summed E-state index contributed by atoms with van der Waals surface area (Å²) in [5, 5.41) is 8.19. The Bertz CT molecular complexity index is 1600. The molecule has 356 valence electrons. The zero-order valence-corrected chi connectivity index (χ0v) is 40.8. The van der Waals surface area contributed by atoms with Crippen molar-refractivity contribution in [2.24, 2.45) is 16.7 Å². The van der Waals surface area contributed by atoms with E-state index < -0.39 is 5.97 Å². The van der Waals surface area contributed by atoms with Gasteiger partial charge in [-0.25, -0.2) is 24.0 Å². The van der Waals surface area contributed by atoms with Crippen LogP contribution >= 0.6 is 0 Å². The molecule has 1 N–H and O–H groups in total. The van der Waals surface area contributed by atoms with Crippen LogP contribution in [0.3, 0.4) is 0 Å². The van der Waals surface area contributed by atoms with E-state index in [4.69, 9.17) is 19.3 Å². The van der Waals surface area contributed by atoms with Crippen LogP contribution in [0, 0.1) is 16.7 Å². The summed E-state index contributed by atoms with van der Waals surface area (Å²) in [6.07, 6.45) is 12.6. The minimum atomic E-state index is -0.455. The zero-order valence-electron chi connectivity index (χ0n) is 40.8. The van der Waals surface area contributed by atoms with Gasteiger partial charge >= 0.3 is 29.8 Å². The van der Waals surface area contributed by atoms with Gasteiger partial charge in [-0.1, -0.05) is 143 Å². The van der Waals surface area contributed by atoms with Gasteiger partial charge in [0.1, 0.15) is 12.7 Å². The molecule has 0 heterocycles. The standard InChI is InChI=1S/C14H22O2.C11H20O2.C8H14O2.C8H8.C6H10O3.C5H8O2/c1-9(2)12(15)16-11-8-10-6-7-14(11,5)13(10,3)4;1-4-6-7-8-9-13-11(12)10(3)5-2;1-4-5-6-10-8(9)7(2)3;1-2-8-6-4-3-5-7-8;1-5(2)6(8)9-4-3-7;1-4(2)5(6)7-3/h10-11H,1,6-8H2,2-5H3;3-9H2,1-2H3;2,4-6H2,1,3H3;2-7H,1H2;7H,1,3-4H2,2H3;1H2,2-3H3. The summed E-state index contributed by atoms with van der Waals surface area (Å²) in [5.74, 6) is -0.841. The van der Waals surface area contributed by atoms with Gasteiger partial charge in [-0.05, 0) is 83.1 Å². The van der Waals surface area contributed by atoms with E-state index in [2.05, 4.69) is 83.6 Å². The largest absolute Gasteiger partial charge is 0.466 e. The third-order valence-electron chi connectivity index (χ3n) is 10.6. The van der Waals surface area contributed by atoms with Crippen molar-refractivity contribution in [2.75, 3.05) is 33.5 Å². The summed E-state index contributed by atoms with van der Waals surface area (Å²) in [7, 11) is 1.33. The first kappa shape index (κ1) is 62.3. The topological polar surface area (TPSA) is 152 Å². The van der Waals surface area contributed by atoms with Crippen LogP contribution in [0.2, 0.25) is 0 Å². The fourth-order valence-electron chi connectivity index (χ4n) is 5.94. The molecular weight excluding hydrogens is 801 g/mol. The van der Waals surface area contributed by atoms with Gasteiger partial charge in [-0.2, -0.15) is 0 Å². The number of benzene rings is 1. The summed E-state index contributed by atoms with van der Waals surface area (Å²) < 4.78 is 24.2. The summed E-state index contributed by atoms with van der Waals surface area (Å²) >= 11 is 0. The number of carbonyl (C=O) groups excluding carboxylic acids is 5. The quantitative estimate of drug-likeness (QED) is 0.0649. The fourth-order valence-corrected chi connectivity index (χ4v) is 5.94. The van der Waals surface area contributed by atoms with E-state index in [0.717, 1.165) is 32.1 Å². The molecule has 2 saturated carbocycles. The smallest absolute Gasteiger partial charge is 0.333 e. The van der Waals surface area contributed by atoms with Gasteiger partial charge in [0.2, 0.25) is 0 Å². The third kappa shape index (κ3) is 26.9. The molecule has 2 aliphatic carbocycles. The number of carbonyl (C=O) groups is 5. The Labute approximate surface area is 380 Å². The van der Waals surface area contributed by atoms with Gasteiger partial charge in [-0.15, -0.1) is 0 Å². The lowest BCUT2D eigenvalue weighted by atomic mass is 9.70. The number of aliphatic hydroxyl groups excluding tert-OH is 1. The van der Waals surface area contributed by atoms with Gasteiger partial charge in [0.25, 0.3) is 0 Å². The molecule has 3 rings (SSSR count). The molecule has 11 nitrogen and oxygen atoms in total. The lowest BCUT2D eigenvalue weighted by molar-refractivity contribution is -0.152. The van der Waals surface area contributed by atoms with E-state index in [-0.39, 0.29) is 48.6 Å². The van der Waals surface area contributed by atoms with E-state index in [9.17, 15) is 24.0 Å². The Kier molecular flexibility index (Phi) is 35.0. The number of aliphatic hydroxyl groups is 1. The van der Waals surface area contributed by atoms with Gasteiger partial charge in [0.15, 0.2) is 0 Å². The van der Waals surface area contributed by atoms with Gasteiger partial charge < -0.3 is 28.8 Å². The van der Waals surface area contributed by atoms with Crippen molar-refractivity contribution < 1.29 is 52.8 Å². The Morgan fingerprint density at radius 3 is 1.51 bits per heavy atom. The highest BCUT2D eigenvalue weighted by molar-refractivity contribution is 5.88. The van der Waals surface area contributed by atoms with Crippen molar-refractivity contribution in [1.29, 1.82) is 0 Å². The Hall–Kier alpha value is -5.03. The molecule has 0 saturated heterocycles. The van der Waals surface area contributed by atoms with Crippen molar-refractivity contribution >= 4 is 35.9 Å². The normalized spacial score (nSPS) is 16.7. The molecular formula is C52H82O11. The average molecular weight is 883 g/mol. The molecule has 0 radical (unpaired) electrons. The van der Waals surface area contributed by atoms with E-state index in [1.807, 2.05) is 43.3 Å². The molecule has 3 unspecified atom stereocenters. The number of rotatable bonds is 18. The van der Waals surface area contributed by atoms with Gasteiger partial charge in [0, 0.05) is 33.3 Å². The maximum Gasteiger partial charge on any atom is 0.333 e. The maximum absolute atomic E-state index is 11.6. The lowest BCUT2D eigenvalue weighted by Crippen LogP contribution is -2.38. The lowest BCUT2D eigenvalue weighted by Gasteiger charge is -2.38. The highest BCUT2D eigenvalue weighted by Gasteiger charge is 2.62. The van der Waals surface area contributed by atoms with Crippen molar-refractivity contribution in [3.63, 3.8) is 0 Å². The van der Waals surface area contributed by atoms with Crippen LogP contribution in [-0.2, 0) is 47.7 Å². The van der Waals surface area contributed by atoms with Crippen LogP contribution < -0.4 is 0 Å². The van der Waals surface area contributed by atoms with E-state index in [1.165, 1.54) is 38.4 Å². The number of hydrogen-bond donors (Lipinski definition) is 1. The Morgan fingerprint density at radius 2 is 1.16 bits per heavy atom. The fraction of sp³-hybridized carbons (Fsp3) is 0.558. The molecule has 11 heteroatoms. The van der Waals surface area contributed by atoms with Crippen molar-refractivity contribution in [3.05, 3.63) is 103 Å². The monoisotopic (exact) mass is 883 g/mol. The minimum absolute atomic E-state index is 0.0473. The highest BCUT2D eigenvalue weighted by atomic mass is 16.6. The second-order valence-electron chi connectivity index (χ2n) is 16.2. The molecule has 2 bridgehead atoms. The van der Waals surface area contributed by atoms with Crippen molar-refractivity contribution in [3.8, 4) is 0 Å². The molecule has 2 fully saturated rings. The number of methoxy groups -OCH3 is 1. The minimum Gasteiger partial charge on any atom is -0.466 e. The molecule has 0 aliphatic heterocycles. The number of hydrogen-bond acceptors (Lipinski definition) is 11. The molecule has 0 aromatic heterocycles. The van der Waals surface area contributed by atoms with Crippen LogP contribution in [0.1, 0.15) is 139 Å². The SMILES string of the molecule is C=C(C)C(=O)OC.C=C(C)C(=O)OC1CC2CCC1(C)C2(C)C.C=C(C)C(=O)OCCCC.C=C(C)C(=O)OCCO.C=C(CC)C(=O)OCCCCCC.C=Cc1ccccc1. The van der Waals surface area contributed by atoms with Crippen LogP contribution in [0.4, 0.5) is 0 Å². The molecule has 3 atom stereocenters. The first-order valence-electron chi connectivity index (χ1n) is 21.9. The summed E-state index contributed by atoms with van der Waals surface area (Å²) in [5.41, 5.74) is 3.95. The predicted molar refractivity (Wildman–Crippen MR) is 255 cm³/mol. The van der Waals surface area contributed by atoms with Crippen molar-refractivity contribution in [1.82, 2.24) is 0 Å². The molecule has 2 aliphatic rings. The third-order valence-corrected chi connectivity index (χ3v) is 10.6. The summed E-state index contributed by atoms with van der Waals surface area (Å²) in [6.45, 7) is 41.6. The number of fused-ring (bicyclic) bond motifs is 2. The Morgan fingerprint density at radius 1 is 0.683 bits per heavy atom. The first-order chi connectivity index (χ1) is 29.5. The molecule has 0 spiro atoms. The molecule has 1 aromatic carbocycles. The second kappa shape index (κ2) is 35.4. The van der Waals surface area contributed by atoms with Crippen LogP contribution in [0.15, 0.2) is 97.7 Å². The number of unbranched alkanes of at least 4 members (excludes halogenated alkanes) is 4. The summed E-state index contributed by atoms with van der Waals surface area (Å²) in [4.78, 5) is 54.0. The summed E-state index contributed by atoms with van der Waals surface area (Å²) in [6, 6.07) is 10.0. The maximum atomic E-state index is 11.6. The van der Waals surface area contributed by atoms with Crippen molar-refractivity contribution in [2.45, 2.75) is 140 Å². The van der Waals surface area contributed by atoms with E-state index in [0.29, 0.717) is 58.8 Å². The van der Waals surface area contributed by atoms with Crippen LogP contribution in [0.25, 0.3) is 6.08 Å². The Balaban J connectivity index is -0.000000703. The molecule has 1 aromatic rings. The number of ether oxygens (including phenoxy) is 5. The van der Waals surface area contributed by atoms with Gasteiger partial charge in [0.05, 0.1) is 26.9 Å². The molecule has 63 heavy (non-hydrogen) atoms. The number of esters is 5. The van der Waals surface area contributed by atoms with Crippen LogP contribution in [-0.4, -0.2) is 74.6 Å². The van der Waals surface area contributed by atoms with E-state index >= 15 is 0 Å². The van der Waals surface area contributed by atoms with Crippen LogP contribution in [0.5, 0.6) is 0 Å². The van der Waals surface area contributed by atoms with Gasteiger partial charge in [-0.3, -0.25) is 0 Å². The van der Waals surface area contributed by atoms with E-state index in [1.54, 1.807) is 27.7 Å². The predicted octanol–water partition coefficient (Wildman–Crippen LogP) is 11.5. The average Bonchev–Trinajstić information content (AvgIpc) is 3.59. The second-order valence-corrected chi connectivity index (χ2v) is 16.2. The molecule has 0 amide bonds. The zero-order chi connectivity index (χ0) is 49.2.